The van der Waals surface area contributed by atoms with Gasteiger partial charge in [0, 0.05) is 4.47 Å². The molecule has 0 unspecified atom stereocenters. The van der Waals surface area contributed by atoms with Crippen LogP contribution in [-0.2, 0) is 0 Å². The monoisotopic (exact) mass is 278 g/mol. The van der Waals surface area contributed by atoms with E-state index in [1.54, 1.807) is 13.0 Å². The Bertz CT molecular complexity index is 391. The van der Waals surface area contributed by atoms with Gasteiger partial charge in [0.1, 0.15) is 5.75 Å². The van der Waals surface area contributed by atoms with E-state index < -0.39 is 6.61 Å². The fraction of sp³-hybridized carbons (Fsp3) is 0.300. The second kappa shape index (κ2) is 4.70. The molecule has 0 fully saturated rings. The number of benzene rings is 1. The minimum Gasteiger partial charge on any atom is -0.434 e. The van der Waals surface area contributed by atoms with Crippen LogP contribution in [0.25, 0.3) is 0 Å². The molecule has 0 saturated carbocycles. The summed E-state index contributed by atoms with van der Waals surface area (Å²) in [6.45, 7) is -0.0166. The molecule has 2 nitrogen and oxygen atoms in total. The molecule has 82 valence electrons. The first-order valence-corrected chi connectivity index (χ1v) is 4.97. The Hall–Kier alpha value is -0.970. The van der Waals surface area contributed by atoms with Crippen LogP contribution < -0.4 is 4.74 Å². The van der Waals surface area contributed by atoms with Gasteiger partial charge in [0.05, 0.1) is 5.56 Å². The molecule has 1 rings (SSSR count). The van der Waals surface area contributed by atoms with E-state index in [1.165, 1.54) is 13.0 Å². The topological polar surface area (TPSA) is 26.3 Å². The van der Waals surface area contributed by atoms with Crippen molar-refractivity contribution in [2.24, 2.45) is 0 Å². The number of halogens is 3. The van der Waals surface area contributed by atoms with Crippen molar-refractivity contribution in [1.29, 1.82) is 0 Å². The molecule has 0 bridgehead atoms. The highest BCUT2D eigenvalue weighted by atomic mass is 79.9. The molecule has 0 aliphatic rings. The number of carbonyl (C=O) groups excluding carboxylic acids is 1. The number of carbonyl (C=O) groups is 1. The molecular formula is C10H9BrF2O2. The average molecular weight is 279 g/mol. The minimum atomic E-state index is -2.93. The highest BCUT2D eigenvalue weighted by molar-refractivity contribution is 9.10. The van der Waals surface area contributed by atoms with Gasteiger partial charge >= 0.3 is 6.61 Å². The first kappa shape index (κ1) is 12.1. The summed E-state index contributed by atoms with van der Waals surface area (Å²) in [5, 5.41) is 0. The standard InChI is InChI=1S/C10H9BrF2O2/c1-5-3-7(11)4-8(6(2)14)9(5)15-10(12)13/h3-4,10H,1-2H3. The summed E-state index contributed by atoms with van der Waals surface area (Å²) >= 11 is 3.19. The van der Waals surface area contributed by atoms with Crippen molar-refractivity contribution in [1.82, 2.24) is 0 Å². The lowest BCUT2D eigenvalue weighted by Gasteiger charge is -2.12. The number of hydrogen-bond acceptors (Lipinski definition) is 2. The van der Waals surface area contributed by atoms with Gasteiger partial charge < -0.3 is 4.74 Å². The largest absolute Gasteiger partial charge is 0.434 e. The van der Waals surface area contributed by atoms with Gasteiger partial charge in [0.2, 0.25) is 0 Å². The number of ketones is 1. The molecule has 0 N–H and O–H groups in total. The van der Waals surface area contributed by atoms with Crippen LogP contribution in [0.1, 0.15) is 22.8 Å². The third-order valence-electron chi connectivity index (χ3n) is 1.83. The molecule has 0 radical (unpaired) electrons. The lowest BCUT2D eigenvalue weighted by atomic mass is 10.1. The lowest BCUT2D eigenvalue weighted by molar-refractivity contribution is -0.0505. The number of Topliss-reactive ketones (excluding diaryl/α,β-unsaturated/α-hetero) is 1. The lowest BCUT2D eigenvalue weighted by Crippen LogP contribution is -2.08. The van der Waals surface area contributed by atoms with Crippen LogP contribution >= 0.6 is 15.9 Å². The summed E-state index contributed by atoms with van der Waals surface area (Å²) in [7, 11) is 0. The Morgan fingerprint density at radius 3 is 2.53 bits per heavy atom. The van der Waals surface area contributed by atoms with Gasteiger partial charge in [0.25, 0.3) is 0 Å². The van der Waals surface area contributed by atoms with E-state index in [1.807, 2.05) is 0 Å². The molecule has 0 aromatic heterocycles. The van der Waals surface area contributed by atoms with Gasteiger partial charge in [-0.05, 0) is 31.5 Å². The molecule has 0 spiro atoms. The zero-order valence-corrected chi connectivity index (χ0v) is 9.77. The van der Waals surface area contributed by atoms with E-state index in [0.29, 0.717) is 10.0 Å². The summed E-state index contributed by atoms with van der Waals surface area (Å²) in [5.41, 5.74) is 0.650. The molecule has 0 aliphatic heterocycles. The Morgan fingerprint density at radius 2 is 2.07 bits per heavy atom. The van der Waals surface area contributed by atoms with Gasteiger partial charge in [0.15, 0.2) is 5.78 Å². The zero-order valence-electron chi connectivity index (χ0n) is 8.18. The first-order valence-electron chi connectivity index (χ1n) is 4.17. The highest BCUT2D eigenvalue weighted by Gasteiger charge is 2.16. The molecular weight excluding hydrogens is 270 g/mol. The van der Waals surface area contributed by atoms with E-state index in [2.05, 4.69) is 20.7 Å². The van der Waals surface area contributed by atoms with Gasteiger partial charge in [-0.25, -0.2) is 0 Å². The van der Waals surface area contributed by atoms with Gasteiger partial charge in [-0.3, -0.25) is 4.79 Å². The Balaban J connectivity index is 3.27. The summed E-state index contributed by atoms with van der Waals surface area (Å²) in [4.78, 5) is 11.2. The van der Waals surface area contributed by atoms with Gasteiger partial charge in [-0.2, -0.15) is 8.78 Å². The Labute approximate surface area is 94.4 Å². The average Bonchev–Trinajstić information content (AvgIpc) is 2.08. The maximum absolute atomic E-state index is 12.1. The fourth-order valence-corrected chi connectivity index (χ4v) is 1.81. The molecule has 0 aliphatic carbocycles. The number of rotatable bonds is 3. The third-order valence-corrected chi connectivity index (χ3v) is 2.28. The van der Waals surface area contributed by atoms with Crippen LogP contribution in [0.2, 0.25) is 0 Å². The molecule has 0 saturated heterocycles. The second-order valence-corrected chi connectivity index (χ2v) is 3.95. The van der Waals surface area contributed by atoms with Crippen LogP contribution in [0.4, 0.5) is 8.78 Å². The minimum absolute atomic E-state index is 0.0549. The Morgan fingerprint density at radius 1 is 1.47 bits per heavy atom. The van der Waals surface area contributed by atoms with Crippen molar-refractivity contribution < 1.29 is 18.3 Å². The predicted molar refractivity (Wildman–Crippen MR) is 55.5 cm³/mol. The summed E-state index contributed by atoms with van der Waals surface area (Å²) < 4.78 is 29.2. The number of ether oxygens (including phenoxy) is 1. The summed E-state index contributed by atoms with van der Waals surface area (Å²) in [6.07, 6.45) is 0. The smallest absolute Gasteiger partial charge is 0.387 e. The SMILES string of the molecule is CC(=O)c1cc(Br)cc(C)c1OC(F)F. The maximum atomic E-state index is 12.1. The molecule has 0 atom stereocenters. The van der Waals surface area contributed by atoms with Crippen LogP contribution in [0.15, 0.2) is 16.6 Å². The summed E-state index contributed by atoms with van der Waals surface area (Å²) in [5.74, 6) is -0.365. The van der Waals surface area contributed by atoms with Crippen LogP contribution in [0.5, 0.6) is 5.75 Å². The predicted octanol–water partition coefficient (Wildman–Crippen LogP) is 3.56. The quantitative estimate of drug-likeness (QED) is 0.791. The van der Waals surface area contributed by atoms with E-state index in [-0.39, 0.29) is 17.1 Å². The van der Waals surface area contributed by atoms with Crippen molar-refractivity contribution in [3.8, 4) is 5.75 Å². The van der Waals surface area contributed by atoms with Crippen LogP contribution in [0, 0.1) is 6.92 Å². The van der Waals surface area contributed by atoms with Crippen molar-refractivity contribution in [2.45, 2.75) is 20.5 Å². The van der Waals surface area contributed by atoms with E-state index in [9.17, 15) is 13.6 Å². The molecule has 1 aromatic rings. The highest BCUT2D eigenvalue weighted by Crippen LogP contribution is 2.29. The van der Waals surface area contributed by atoms with Crippen LogP contribution in [0.3, 0.4) is 0 Å². The van der Waals surface area contributed by atoms with E-state index >= 15 is 0 Å². The molecule has 0 heterocycles. The number of hydrogen-bond donors (Lipinski definition) is 0. The van der Waals surface area contributed by atoms with Crippen molar-refractivity contribution in [3.63, 3.8) is 0 Å². The normalized spacial score (nSPS) is 10.5. The molecule has 0 amide bonds. The third kappa shape index (κ3) is 2.99. The van der Waals surface area contributed by atoms with Crippen molar-refractivity contribution >= 4 is 21.7 Å². The number of aryl methyl sites for hydroxylation is 1. The molecule has 5 heteroatoms. The van der Waals surface area contributed by atoms with E-state index in [4.69, 9.17) is 0 Å². The first-order chi connectivity index (χ1) is 6.91. The van der Waals surface area contributed by atoms with Crippen molar-refractivity contribution in [3.05, 3.63) is 27.7 Å². The van der Waals surface area contributed by atoms with Gasteiger partial charge in [-0.15, -0.1) is 0 Å². The van der Waals surface area contributed by atoms with Gasteiger partial charge in [-0.1, -0.05) is 15.9 Å². The number of alkyl halides is 2. The maximum Gasteiger partial charge on any atom is 0.387 e. The molecule has 1 aromatic carbocycles. The van der Waals surface area contributed by atoms with Crippen molar-refractivity contribution in [2.75, 3.05) is 0 Å². The second-order valence-electron chi connectivity index (χ2n) is 3.03. The fourth-order valence-electron chi connectivity index (χ4n) is 1.24. The Kier molecular flexibility index (Phi) is 3.79. The zero-order chi connectivity index (χ0) is 11.6. The summed E-state index contributed by atoms with van der Waals surface area (Å²) in [6, 6.07) is 3.08. The van der Waals surface area contributed by atoms with Crippen LogP contribution in [-0.4, -0.2) is 12.4 Å². The molecule has 15 heavy (non-hydrogen) atoms. The van der Waals surface area contributed by atoms with E-state index in [0.717, 1.165) is 0 Å².